The van der Waals surface area contributed by atoms with E-state index in [1.807, 2.05) is 0 Å². The van der Waals surface area contributed by atoms with E-state index in [0.717, 1.165) is 0 Å². The van der Waals surface area contributed by atoms with Gasteiger partial charge in [0.15, 0.2) is 0 Å². The summed E-state index contributed by atoms with van der Waals surface area (Å²) in [5.41, 5.74) is 0.469. The number of aryl methyl sites for hydroxylation is 1. The Hall–Kier alpha value is -3.09. The predicted molar refractivity (Wildman–Crippen MR) is 101 cm³/mol. The normalized spacial score (nSPS) is 14.1. The van der Waals surface area contributed by atoms with Gasteiger partial charge in [-0.05, 0) is 24.3 Å². The number of rotatable bonds is 5. The van der Waals surface area contributed by atoms with Crippen molar-refractivity contribution < 1.29 is 14.3 Å². The highest BCUT2D eigenvalue weighted by molar-refractivity contribution is 5.94. The summed E-state index contributed by atoms with van der Waals surface area (Å²) < 4.78 is 6.69. The highest BCUT2D eigenvalue weighted by atomic mass is 16.5. The molecule has 0 atom stereocenters. The molecule has 1 aromatic carbocycles. The van der Waals surface area contributed by atoms with E-state index < -0.39 is 0 Å². The van der Waals surface area contributed by atoms with Gasteiger partial charge in [-0.3, -0.25) is 14.4 Å². The average molecular weight is 369 g/mol. The summed E-state index contributed by atoms with van der Waals surface area (Å²) in [5, 5.41) is 0. The van der Waals surface area contributed by atoms with Gasteiger partial charge in [-0.1, -0.05) is 12.1 Å². The molecule has 0 N–H and O–H groups in total. The van der Waals surface area contributed by atoms with Crippen LogP contribution in [0.1, 0.15) is 16.8 Å². The van der Waals surface area contributed by atoms with Gasteiger partial charge in [0.25, 0.3) is 11.5 Å². The molecule has 0 aliphatic carbocycles. The lowest BCUT2D eigenvalue weighted by Crippen LogP contribution is -2.50. The third kappa shape index (κ3) is 4.55. The van der Waals surface area contributed by atoms with Crippen molar-refractivity contribution >= 4 is 11.8 Å². The molecule has 1 fully saturated rings. The minimum absolute atomic E-state index is 0.000711. The second kappa shape index (κ2) is 8.53. The number of aromatic nitrogens is 1. The van der Waals surface area contributed by atoms with Crippen LogP contribution in [0.4, 0.5) is 0 Å². The van der Waals surface area contributed by atoms with E-state index in [1.54, 1.807) is 59.5 Å². The first-order valence-corrected chi connectivity index (χ1v) is 8.95. The Morgan fingerprint density at radius 2 is 1.74 bits per heavy atom. The van der Waals surface area contributed by atoms with Gasteiger partial charge in [0.05, 0.1) is 7.11 Å². The van der Waals surface area contributed by atoms with Crippen molar-refractivity contribution in [1.82, 2.24) is 14.4 Å². The Morgan fingerprint density at radius 1 is 1.00 bits per heavy atom. The second-order valence-corrected chi connectivity index (χ2v) is 6.39. The summed E-state index contributed by atoms with van der Waals surface area (Å²) in [6.07, 6.45) is 1.95. The van der Waals surface area contributed by atoms with E-state index in [9.17, 15) is 14.4 Å². The molecular formula is C20H23N3O4. The SMILES string of the molecule is COc1cccc(C(=O)N2CCN(C(=O)CCn3ccccc3=O)CC2)c1. The molecule has 1 aromatic heterocycles. The summed E-state index contributed by atoms with van der Waals surface area (Å²) >= 11 is 0. The smallest absolute Gasteiger partial charge is 0.254 e. The minimum Gasteiger partial charge on any atom is -0.497 e. The zero-order valence-corrected chi connectivity index (χ0v) is 15.3. The summed E-state index contributed by atoms with van der Waals surface area (Å²) in [5.74, 6) is 0.585. The van der Waals surface area contributed by atoms with Gasteiger partial charge in [0, 0.05) is 57.0 Å². The number of nitrogens with zero attached hydrogens (tertiary/aromatic N) is 3. The molecule has 1 saturated heterocycles. The van der Waals surface area contributed by atoms with E-state index in [4.69, 9.17) is 4.74 Å². The summed E-state index contributed by atoms with van der Waals surface area (Å²) in [4.78, 5) is 40.2. The fourth-order valence-corrected chi connectivity index (χ4v) is 3.12. The molecule has 2 aromatic rings. The van der Waals surface area contributed by atoms with Crippen molar-refractivity contribution in [3.8, 4) is 5.75 Å². The molecule has 7 heteroatoms. The predicted octanol–water partition coefficient (Wildman–Crippen LogP) is 1.23. The zero-order chi connectivity index (χ0) is 19.2. The van der Waals surface area contributed by atoms with Crippen LogP contribution >= 0.6 is 0 Å². The van der Waals surface area contributed by atoms with Crippen LogP contribution in [0.25, 0.3) is 0 Å². The van der Waals surface area contributed by atoms with Gasteiger partial charge in [-0.25, -0.2) is 0 Å². The van der Waals surface area contributed by atoms with E-state index in [1.165, 1.54) is 10.6 Å². The van der Waals surface area contributed by atoms with Crippen LogP contribution in [0, 0.1) is 0 Å². The Bertz CT molecular complexity index is 869. The standard InChI is InChI=1S/C20H23N3O4/c1-27-17-6-4-5-16(15-17)20(26)23-13-11-22(12-14-23)19(25)8-10-21-9-3-2-7-18(21)24/h2-7,9,15H,8,10-14H2,1H3. The molecular weight excluding hydrogens is 346 g/mol. The maximum atomic E-state index is 12.6. The number of methoxy groups -OCH3 is 1. The largest absolute Gasteiger partial charge is 0.497 e. The molecule has 2 heterocycles. The van der Waals surface area contributed by atoms with Gasteiger partial charge < -0.3 is 19.1 Å². The van der Waals surface area contributed by atoms with Crippen molar-refractivity contribution in [2.45, 2.75) is 13.0 Å². The van der Waals surface area contributed by atoms with Crippen molar-refractivity contribution in [3.63, 3.8) is 0 Å². The molecule has 1 aliphatic heterocycles. The fourth-order valence-electron chi connectivity index (χ4n) is 3.12. The van der Waals surface area contributed by atoms with E-state index in [2.05, 4.69) is 0 Å². The molecule has 0 saturated carbocycles. The van der Waals surface area contributed by atoms with Crippen molar-refractivity contribution in [1.29, 1.82) is 0 Å². The van der Waals surface area contributed by atoms with Crippen LogP contribution in [-0.4, -0.2) is 59.5 Å². The second-order valence-electron chi connectivity index (χ2n) is 6.39. The van der Waals surface area contributed by atoms with Crippen molar-refractivity contribution in [3.05, 3.63) is 64.6 Å². The molecule has 1 aliphatic rings. The van der Waals surface area contributed by atoms with Gasteiger partial charge in [-0.2, -0.15) is 0 Å². The van der Waals surface area contributed by atoms with Gasteiger partial charge >= 0.3 is 0 Å². The fraction of sp³-hybridized carbons (Fsp3) is 0.350. The Kier molecular flexibility index (Phi) is 5.90. The maximum absolute atomic E-state index is 12.6. The van der Waals surface area contributed by atoms with Crippen LogP contribution in [0.3, 0.4) is 0 Å². The highest BCUT2D eigenvalue weighted by Crippen LogP contribution is 2.15. The van der Waals surface area contributed by atoms with Crippen LogP contribution in [-0.2, 0) is 11.3 Å². The monoisotopic (exact) mass is 369 g/mol. The lowest BCUT2D eigenvalue weighted by molar-refractivity contribution is -0.132. The number of carbonyl (C=O) groups is 2. The zero-order valence-electron chi connectivity index (χ0n) is 15.3. The lowest BCUT2D eigenvalue weighted by Gasteiger charge is -2.35. The number of amides is 2. The van der Waals surface area contributed by atoms with Gasteiger partial charge in [0.2, 0.25) is 5.91 Å². The average Bonchev–Trinajstić information content (AvgIpc) is 2.72. The number of ether oxygens (including phenoxy) is 1. The van der Waals surface area contributed by atoms with E-state index >= 15 is 0 Å². The molecule has 27 heavy (non-hydrogen) atoms. The molecule has 2 amide bonds. The molecule has 3 rings (SSSR count). The third-order valence-corrected chi connectivity index (χ3v) is 4.70. The Morgan fingerprint density at radius 3 is 2.44 bits per heavy atom. The summed E-state index contributed by atoms with van der Waals surface area (Å²) in [7, 11) is 1.57. The first-order valence-electron chi connectivity index (χ1n) is 8.95. The molecule has 0 bridgehead atoms. The number of piperazine rings is 1. The minimum atomic E-state index is -0.112. The first kappa shape index (κ1) is 18.7. The van der Waals surface area contributed by atoms with Crippen LogP contribution < -0.4 is 10.3 Å². The number of carbonyl (C=O) groups excluding carboxylic acids is 2. The summed E-state index contributed by atoms with van der Waals surface area (Å²) in [6.45, 7) is 2.35. The Balaban J connectivity index is 1.52. The molecule has 0 spiro atoms. The number of hydrogen-bond donors (Lipinski definition) is 0. The van der Waals surface area contributed by atoms with Crippen molar-refractivity contribution in [2.24, 2.45) is 0 Å². The van der Waals surface area contributed by atoms with Crippen molar-refractivity contribution in [2.75, 3.05) is 33.3 Å². The molecule has 0 radical (unpaired) electrons. The van der Waals surface area contributed by atoms with E-state index in [-0.39, 0.29) is 23.8 Å². The number of hydrogen-bond acceptors (Lipinski definition) is 4. The quantitative estimate of drug-likeness (QED) is 0.795. The Labute approximate surface area is 157 Å². The molecule has 142 valence electrons. The van der Waals surface area contributed by atoms with E-state index in [0.29, 0.717) is 44.0 Å². The van der Waals surface area contributed by atoms with Crippen LogP contribution in [0.15, 0.2) is 53.5 Å². The maximum Gasteiger partial charge on any atom is 0.254 e. The van der Waals surface area contributed by atoms with Crippen LogP contribution in [0.5, 0.6) is 5.75 Å². The third-order valence-electron chi connectivity index (χ3n) is 4.70. The summed E-state index contributed by atoms with van der Waals surface area (Å²) in [6, 6.07) is 12.0. The number of benzene rings is 1. The molecule has 0 unspecified atom stereocenters. The number of pyridine rings is 1. The molecule has 7 nitrogen and oxygen atoms in total. The van der Waals surface area contributed by atoms with Gasteiger partial charge in [0.1, 0.15) is 5.75 Å². The lowest BCUT2D eigenvalue weighted by atomic mass is 10.1. The van der Waals surface area contributed by atoms with Crippen LogP contribution in [0.2, 0.25) is 0 Å². The van der Waals surface area contributed by atoms with Gasteiger partial charge in [-0.15, -0.1) is 0 Å². The topological polar surface area (TPSA) is 71.8 Å². The first-order chi connectivity index (χ1) is 13.1. The highest BCUT2D eigenvalue weighted by Gasteiger charge is 2.24.